The Morgan fingerprint density at radius 2 is 1.44 bits per heavy atom. The molecule has 2 aliphatic rings. The minimum atomic E-state index is -0.966. The summed E-state index contributed by atoms with van der Waals surface area (Å²) in [4.78, 5) is 16.7. The van der Waals surface area contributed by atoms with Gasteiger partial charge in [-0.2, -0.15) is 4.98 Å². The Morgan fingerprint density at radius 3 is 1.95 bits per heavy atom. The van der Waals surface area contributed by atoms with Gasteiger partial charge >= 0.3 is 5.69 Å². The lowest BCUT2D eigenvalue weighted by atomic mass is 9.80. The molecule has 3 aromatic carbocycles. The maximum absolute atomic E-state index is 12.9. The molecule has 2 fully saturated rings. The summed E-state index contributed by atoms with van der Waals surface area (Å²) in [7, 11) is 0. The first-order valence-corrected chi connectivity index (χ1v) is 13.7. The number of halogens is 1. The molecule has 0 bridgehead atoms. The van der Waals surface area contributed by atoms with Gasteiger partial charge in [-0.05, 0) is 30.5 Å². The second-order valence-corrected chi connectivity index (χ2v) is 10.9. The van der Waals surface area contributed by atoms with Crippen LogP contribution in [0.3, 0.4) is 0 Å². The van der Waals surface area contributed by atoms with E-state index in [1.54, 1.807) is 0 Å². The summed E-state index contributed by atoms with van der Waals surface area (Å²) in [5, 5.41) is 9.29. The van der Waals surface area contributed by atoms with Crippen molar-refractivity contribution in [3.8, 4) is 0 Å². The molecule has 9 nitrogen and oxygen atoms in total. The summed E-state index contributed by atoms with van der Waals surface area (Å²) in [5.74, 6) is -1.07. The van der Waals surface area contributed by atoms with E-state index in [1.807, 2.05) is 110 Å². The van der Waals surface area contributed by atoms with Crippen molar-refractivity contribution < 1.29 is 24.2 Å². The molecule has 10 heteroatoms. The highest BCUT2D eigenvalue weighted by Gasteiger charge is 2.57. The Bertz CT molecular complexity index is 1450. The SMILES string of the molecule is CC1(C)O[C@@H]2[C@H](O1)[C@@H](COC(c1ccccc1)(c1ccccc1)c1ccccc1)O[C@H]2n1cc(Cl)c(NO)nc1=O. The van der Waals surface area contributed by atoms with Gasteiger partial charge in [0.1, 0.15) is 28.9 Å². The maximum atomic E-state index is 12.9. The molecule has 2 aliphatic heterocycles. The second-order valence-electron chi connectivity index (χ2n) is 10.5. The molecule has 0 spiro atoms. The summed E-state index contributed by atoms with van der Waals surface area (Å²) >= 11 is 6.24. The zero-order chi connectivity index (χ0) is 28.6. The number of hydrogen-bond donors (Lipinski definition) is 2. The Hall–Kier alpha value is -3.57. The predicted octanol–water partition coefficient (Wildman–Crippen LogP) is 5.12. The van der Waals surface area contributed by atoms with Gasteiger partial charge < -0.3 is 18.9 Å². The Kier molecular flexibility index (Phi) is 7.41. The molecule has 6 rings (SSSR count). The summed E-state index contributed by atoms with van der Waals surface area (Å²) < 4.78 is 27.2. The molecule has 1 aromatic heterocycles. The third-order valence-electron chi connectivity index (χ3n) is 7.42. The van der Waals surface area contributed by atoms with E-state index in [4.69, 9.17) is 30.5 Å². The fourth-order valence-corrected chi connectivity index (χ4v) is 5.89. The number of aromatic nitrogens is 2. The zero-order valence-electron chi connectivity index (χ0n) is 22.5. The molecule has 2 N–H and O–H groups in total. The van der Waals surface area contributed by atoms with Gasteiger partial charge in [0.2, 0.25) is 0 Å². The van der Waals surface area contributed by atoms with Crippen LogP contribution in [0.4, 0.5) is 5.82 Å². The molecule has 0 saturated carbocycles. The summed E-state index contributed by atoms with van der Waals surface area (Å²) in [6, 6.07) is 30.1. The first kappa shape index (κ1) is 27.6. The molecule has 0 radical (unpaired) electrons. The zero-order valence-corrected chi connectivity index (χ0v) is 23.3. The Labute approximate surface area is 242 Å². The van der Waals surface area contributed by atoms with Crippen LogP contribution in [-0.2, 0) is 24.5 Å². The van der Waals surface area contributed by atoms with E-state index in [0.29, 0.717) is 0 Å². The lowest BCUT2D eigenvalue weighted by Crippen LogP contribution is -2.39. The highest BCUT2D eigenvalue weighted by atomic mass is 35.5. The Morgan fingerprint density at radius 1 is 0.927 bits per heavy atom. The van der Waals surface area contributed by atoms with Crippen molar-refractivity contribution in [1.29, 1.82) is 0 Å². The predicted molar refractivity (Wildman–Crippen MR) is 152 cm³/mol. The molecule has 0 amide bonds. The number of fused-ring (bicyclic) bond motifs is 1. The molecule has 212 valence electrons. The van der Waals surface area contributed by atoms with E-state index >= 15 is 0 Å². The van der Waals surface area contributed by atoms with Crippen LogP contribution in [0.15, 0.2) is 102 Å². The van der Waals surface area contributed by atoms with Gasteiger partial charge in [-0.25, -0.2) is 4.79 Å². The van der Waals surface area contributed by atoms with Crippen LogP contribution in [0.5, 0.6) is 0 Å². The van der Waals surface area contributed by atoms with Gasteiger partial charge in [-0.15, -0.1) is 0 Å². The van der Waals surface area contributed by atoms with Gasteiger partial charge in [0, 0.05) is 6.20 Å². The molecule has 2 saturated heterocycles. The third kappa shape index (κ3) is 5.05. The minimum absolute atomic E-state index is 0.0429. The lowest BCUT2D eigenvalue weighted by Gasteiger charge is -2.37. The third-order valence-corrected chi connectivity index (χ3v) is 7.69. The fourth-order valence-electron chi connectivity index (χ4n) is 5.70. The van der Waals surface area contributed by atoms with Gasteiger partial charge in [0.25, 0.3) is 0 Å². The second kappa shape index (κ2) is 11.0. The van der Waals surface area contributed by atoms with Crippen LogP contribution in [-0.4, -0.2) is 45.5 Å². The number of hydrogen-bond acceptors (Lipinski definition) is 8. The van der Waals surface area contributed by atoms with E-state index in [2.05, 4.69) is 4.98 Å². The number of ether oxygens (including phenoxy) is 4. The lowest BCUT2D eigenvalue weighted by molar-refractivity contribution is -0.205. The van der Waals surface area contributed by atoms with E-state index < -0.39 is 41.6 Å². The van der Waals surface area contributed by atoms with Crippen molar-refractivity contribution >= 4 is 17.4 Å². The van der Waals surface area contributed by atoms with Crippen molar-refractivity contribution in [3.63, 3.8) is 0 Å². The van der Waals surface area contributed by atoms with Crippen molar-refractivity contribution in [2.45, 2.75) is 49.8 Å². The van der Waals surface area contributed by atoms with E-state index in [-0.39, 0.29) is 17.4 Å². The van der Waals surface area contributed by atoms with Crippen LogP contribution < -0.4 is 11.2 Å². The number of benzene rings is 3. The van der Waals surface area contributed by atoms with Crippen molar-refractivity contribution in [2.75, 3.05) is 12.1 Å². The number of nitrogens with zero attached hydrogens (tertiary/aromatic N) is 2. The topological polar surface area (TPSA) is 104 Å². The molecule has 0 aliphatic carbocycles. The smallest absolute Gasteiger partial charge is 0.351 e. The van der Waals surface area contributed by atoms with Crippen LogP contribution in [0.25, 0.3) is 0 Å². The summed E-state index contributed by atoms with van der Waals surface area (Å²) in [6.45, 7) is 3.74. The molecular formula is C31H30ClN3O6. The molecule has 4 aromatic rings. The fraction of sp³-hybridized carbons (Fsp3) is 0.290. The van der Waals surface area contributed by atoms with Crippen LogP contribution in [0.1, 0.15) is 36.8 Å². The van der Waals surface area contributed by atoms with Crippen LogP contribution >= 0.6 is 11.6 Å². The highest BCUT2D eigenvalue weighted by Crippen LogP contribution is 2.45. The van der Waals surface area contributed by atoms with Crippen molar-refractivity contribution in [2.24, 2.45) is 0 Å². The molecule has 41 heavy (non-hydrogen) atoms. The Balaban J connectivity index is 1.40. The summed E-state index contributed by atoms with van der Waals surface area (Å²) in [6.07, 6.45) is -1.32. The largest absolute Gasteiger partial charge is 0.358 e. The standard InChI is InChI=1S/C31H30ClN3O6/c1-30(2)40-25-24(39-28(26(25)41-30)35-18-23(32)27(34-37)33-29(35)36)19-38-31(20-12-6-3-7-13-20,21-14-8-4-9-15-21)22-16-10-5-11-17-22/h3-18,24-26,28,37H,19H2,1-2H3,(H,33,34,36)/t24-,25-,26-,28-/m1/s1. The van der Waals surface area contributed by atoms with Gasteiger partial charge in [-0.3, -0.25) is 15.3 Å². The molecule has 3 heterocycles. The number of rotatable bonds is 8. The van der Waals surface area contributed by atoms with Crippen LogP contribution in [0.2, 0.25) is 5.02 Å². The quantitative estimate of drug-likeness (QED) is 0.220. The van der Waals surface area contributed by atoms with Crippen LogP contribution in [0, 0.1) is 0 Å². The molecule has 0 unspecified atom stereocenters. The first-order chi connectivity index (χ1) is 19.8. The van der Waals surface area contributed by atoms with Gasteiger partial charge in [0.05, 0.1) is 6.61 Å². The minimum Gasteiger partial charge on any atom is -0.358 e. The number of anilines is 1. The average molecular weight is 576 g/mol. The van der Waals surface area contributed by atoms with Gasteiger partial charge in [-0.1, -0.05) is 103 Å². The monoisotopic (exact) mass is 575 g/mol. The van der Waals surface area contributed by atoms with Crippen molar-refractivity contribution in [3.05, 3.63) is 129 Å². The van der Waals surface area contributed by atoms with Crippen molar-refractivity contribution in [1.82, 2.24) is 9.55 Å². The summed E-state index contributed by atoms with van der Waals surface area (Å²) in [5.41, 5.74) is 3.05. The molecular weight excluding hydrogens is 546 g/mol. The van der Waals surface area contributed by atoms with E-state index in [1.165, 1.54) is 10.8 Å². The molecule has 4 atom stereocenters. The first-order valence-electron chi connectivity index (χ1n) is 13.3. The van der Waals surface area contributed by atoms with E-state index in [9.17, 15) is 10.0 Å². The van der Waals surface area contributed by atoms with E-state index in [0.717, 1.165) is 16.7 Å². The average Bonchev–Trinajstić information content (AvgIpc) is 3.49. The maximum Gasteiger partial charge on any atom is 0.351 e. The normalized spacial score (nSPS) is 23.3. The van der Waals surface area contributed by atoms with Gasteiger partial charge in [0.15, 0.2) is 17.8 Å². The number of nitrogens with one attached hydrogen (secondary N) is 1. The highest BCUT2D eigenvalue weighted by molar-refractivity contribution is 6.32.